The molecule has 0 saturated carbocycles. The third-order valence-electron chi connectivity index (χ3n) is 10.7. The highest BCUT2D eigenvalue weighted by molar-refractivity contribution is 9.08. The van der Waals surface area contributed by atoms with Crippen molar-refractivity contribution in [2.45, 2.75) is 55.3 Å². The molecule has 0 amide bonds. The second-order valence-corrected chi connectivity index (χ2v) is 15.1. The lowest BCUT2D eigenvalue weighted by molar-refractivity contribution is 0.824. The fraction of sp³-hybridized carbons (Fsp3) is 0.600. The molecule has 0 aromatic heterocycles. The van der Waals surface area contributed by atoms with Crippen LogP contribution in [0.4, 0.5) is 0 Å². The van der Waals surface area contributed by atoms with Crippen molar-refractivity contribution in [1.29, 1.82) is 0 Å². The Morgan fingerprint density at radius 3 is 1.28 bits per heavy atom. The predicted molar refractivity (Wildman–Crippen MR) is 216 cm³/mol. The van der Waals surface area contributed by atoms with Gasteiger partial charge in [-0.2, -0.15) is 0 Å². The van der Waals surface area contributed by atoms with E-state index >= 15 is 0 Å². The number of halogens is 1. The smallest absolute Gasteiger partial charge is 0.0876 e. The molecule has 2 unspecified atom stereocenters. The Kier molecular flexibility index (Phi) is 12.3. The largest absolute Gasteiger partial charge is 0.0928 e. The van der Waals surface area contributed by atoms with Gasteiger partial charge in [-0.25, -0.2) is 0 Å². The van der Waals surface area contributed by atoms with Crippen LogP contribution in [0.2, 0.25) is 24.3 Å². The van der Waals surface area contributed by atoms with E-state index in [4.69, 9.17) is 0 Å². The maximum Gasteiger partial charge on any atom is 0.0928 e. The zero-order valence-electron chi connectivity index (χ0n) is 25.5. The number of aryl methyl sites for hydroxylation is 2. The minimum atomic E-state index is 0.798. The van der Waals surface area contributed by atoms with Gasteiger partial charge in [-0.3, -0.25) is 0 Å². The Balaban J connectivity index is 1.55. The summed E-state index contributed by atoms with van der Waals surface area (Å²) in [5, 5.41) is 0.981. The van der Waals surface area contributed by atoms with Crippen molar-refractivity contribution < 1.29 is 0 Å². The van der Waals surface area contributed by atoms with Gasteiger partial charge in [0, 0.05) is 56.4 Å². The number of benzene rings is 1. The highest BCUT2D eigenvalue weighted by Gasteiger charge is 2.51. The van der Waals surface area contributed by atoms with Crippen LogP contribution in [-0.2, 0) is 18.2 Å². The summed E-state index contributed by atoms with van der Waals surface area (Å²) in [4.78, 5) is 0. The fourth-order valence-corrected chi connectivity index (χ4v) is 8.25. The molecular formula is C15H39B20Br. The summed E-state index contributed by atoms with van der Waals surface area (Å²) in [7, 11) is 24.5. The van der Waals surface area contributed by atoms with Crippen LogP contribution in [0.25, 0.3) is 0 Å². The van der Waals surface area contributed by atoms with Gasteiger partial charge in [0.1, 0.15) is 0 Å². The molecule has 1 aromatic carbocycles. The standard InChI is InChI=1S/C15H39B20Br/c16-28(17)32(24)34(30(20)21)26-8-14(26)3-1-11-5-12(7-13(6-11)10-36)2-4-15-9-27(15)35(31(22)23)33(25)29(18)19/h5-7,14-15H,1-4,8-10,16-25H2. The Bertz CT molecular complexity index is 777. The Morgan fingerprint density at radius 1 is 0.611 bits per heavy atom. The van der Waals surface area contributed by atoms with E-state index in [9.17, 15) is 0 Å². The zero-order valence-corrected chi connectivity index (χ0v) is 27.1. The van der Waals surface area contributed by atoms with Crippen LogP contribution in [-0.4, -0.2) is 142 Å². The molecule has 166 valence electrons. The van der Waals surface area contributed by atoms with Crippen LogP contribution < -0.4 is 0 Å². The maximum atomic E-state index is 3.76. The van der Waals surface area contributed by atoms with E-state index in [1.54, 1.807) is 11.1 Å². The van der Waals surface area contributed by atoms with Crippen molar-refractivity contribution in [3.63, 3.8) is 0 Å². The van der Waals surface area contributed by atoms with E-state index in [0.29, 0.717) is 0 Å². The molecule has 21 heteroatoms. The first-order chi connectivity index (χ1) is 16.9. The van der Waals surface area contributed by atoms with E-state index in [1.165, 1.54) is 43.9 Å². The predicted octanol–water partition coefficient (Wildman–Crippen LogP) is -7.91. The minimum absolute atomic E-state index is 0.798. The van der Waals surface area contributed by atoms with Crippen LogP contribution in [0.1, 0.15) is 29.5 Å². The second kappa shape index (κ2) is 14.1. The third kappa shape index (κ3) is 8.50. The normalized spacial score (nSPS) is 17.8. The summed E-state index contributed by atoms with van der Waals surface area (Å²) in [6.07, 6.45) is 15.0. The van der Waals surface area contributed by atoms with Crippen LogP contribution in [0.3, 0.4) is 0 Å². The molecule has 2 aliphatic rings. The van der Waals surface area contributed by atoms with Crippen LogP contribution in [0, 0.1) is 0 Å². The van der Waals surface area contributed by atoms with Crippen molar-refractivity contribution in [3.8, 4) is 0 Å². The quantitative estimate of drug-likeness (QED) is 0.161. The van der Waals surface area contributed by atoms with Gasteiger partial charge in [0.15, 0.2) is 0 Å². The summed E-state index contributed by atoms with van der Waals surface area (Å²) in [6.45, 7) is 1.94. The van der Waals surface area contributed by atoms with Crippen molar-refractivity contribution in [2.75, 3.05) is 0 Å². The van der Waals surface area contributed by atoms with E-state index < -0.39 is 0 Å². The average molecular weight is 516 g/mol. The van der Waals surface area contributed by atoms with Gasteiger partial charge in [0.2, 0.25) is 0 Å². The first-order valence-electron chi connectivity index (χ1n) is 15.6. The minimum Gasteiger partial charge on any atom is -0.0876 e. The van der Waals surface area contributed by atoms with Crippen LogP contribution >= 0.6 is 15.9 Å². The summed E-state index contributed by atoms with van der Waals surface area (Å²) < 4.78 is 0. The zero-order chi connectivity index (χ0) is 26.7. The van der Waals surface area contributed by atoms with E-state index in [1.807, 2.05) is 0 Å². The number of hydrogen-bond donors (Lipinski definition) is 0. The van der Waals surface area contributed by atoms with Crippen molar-refractivity contribution >= 4 is 158 Å². The van der Waals surface area contributed by atoms with Gasteiger partial charge in [-0.1, -0.05) is 71.2 Å². The van der Waals surface area contributed by atoms with Gasteiger partial charge in [-0.15, -0.1) is 0 Å². The Morgan fingerprint density at radius 2 is 0.972 bits per heavy atom. The monoisotopic (exact) mass is 518 g/mol. The van der Waals surface area contributed by atoms with Crippen molar-refractivity contribution in [1.82, 2.24) is 0 Å². The highest BCUT2D eigenvalue weighted by Crippen LogP contribution is 2.44. The lowest BCUT2D eigenvalue weighted by Gasteiger charge is -2.24. The average Bonchev–Trinajstić information content (AvgIpc) is 3.73. The second-order valence-electron chi connectivity index (χ2n) is 14.5. The number of hydrogen-bond acceptors (Lipinski definition) is 0. The van der Waals surface area contributed by atoms with E-state index in [0.717, 1.165) is 81.3 Å². The molecule has 0 bridgehead atoms. The molecule has 0 aliphatic carbocycles. The fourth-order valence-electron chi connectivity index (χ4n) is 7.93. The van der Waals surface area contributed by atoms with Gasteiger partial charge < -0.3 is 0 Å². The number of rotatable bonds is 15. The molecule has 2 fully saturated rings. The molecule has 0 spiro atoms. The van der Waals surface area contributed by atoms with Crippen LogP contribution in [0.5, 0.6) is 0 Å². The molecule has 0 radical (unpaired) electrons. The number of alkyl halides is 1. The molecule has 1 aromatic rings. The molecule has 0 N–H and O–H groups in total. The molecule has 2 atom stereocenters. The highest BCUT2D eigenvalue weighted by atomic mass is 79.9. The van der Waals surface area contributed by atoms with Gasteiger partial charge in [0.05, 0.1) is 90.6 Å². The SMILES string of the molecule is BB(B)B(B)B(B(B)B)B1CC1CCc1cc(CBr)cc(CCC2CB2B(B(B)B)B(B)B(B)B)c1. The summed E-state index contributed by atoms with van der Waals surface area (Å²) in [6, 6.07) is 7.52. The Hall–Kier alpha value is 0.999. The summed E-state index contributed by atoms with van der Waals surface area (Å²) in [5.74, 6) is 1.91. The first kappa shape index (κ1) is 31.5. The molecular weight excluding hydrogens is 476 g/mol. The van der Waals surface area contributed by atoms with Crippen LogP contribution in [0.15, 0.2) is 18.2 Å². The summed E-state index contributed by atoms with van der Waals surface area (Å²) >= 11 is 3.76. The first-order valence-corrected chi connectivity index (χ1v) is 16.7. The maximum absolute atomic E-state index is 3.76. The van der Waals surface area contributed by atoms with Gasteiger partial charge in [0.25, 0.3) is 0 Å². The van der Waals surface area contributed by atoms with Gasteiger partial charge in [-0.05, 0) is 29.5 Å². The lowest BCUT2D eigenvalue weighted by Crippen LogP contribution is -2.63. The lowest BCUT2D eigenvalue weighted by atomic mass is 8.57. The molecule has 2 heterocycles. The Labute approximate surface area is 246 Å². The van der Waals surface area contributed by atoms with Crippen molar-refractivity contribution in [2.24, 2.45) is 0 Å². The van der Waals surface area contributed by atoms with E-state index in [2.05, 4.69) is 111 Å². The topological polar surface area (TPSA) is 0 Å². The van der Waals surface area contributed by atoms with Crippen molar-refractivity contribution in [3.05, 3.63) is 34.9 Å². The third-order valence-corrected chi connectivity index (χ3v) is 11.3. The molecule has 2 aliphatic heterocycles. The van der Waals surface area contributed by atoms with E-state index in [-0.39, 0.29) is 0 Å². The molecule has 3 rings (SSSR count). The molecule has 36 heavy (non-hydrogen) atoms. The molecule has 2 saturated heterocycles. The molecule has 0 nitrogen and oxygen atoms in total. The summed E-state index contributed by atoms with van der Waals surface area (Å²) in [5.41, 5.74) is 4.65. The van der Waals surface area contributed by atoms with Gasteiger partial charge >= 0.3 is 0 Å².